The van der Waals surface area contributed by atoms with Crippen LogP contribution in [-0.2, 0) is 17.8 Å². The standard InChI is InChI=1S/C25H27N5OS/c1-2-18-7-6-8-19(15-18)28-24-23-20-9-14-30(16-21(20)32-25(23)27-17-26-24)22(31)10-13-29-11-4-3-5-12-29/h1,6-8,15,17H,3-5,9-14,16H2,(H,26,27,28). The Balaban J connectivity index is 1.32. The van der Waals surface area contributed by atoms with Crippen molar-refractivity contribution < 1.29 is 4.79 Å². The van der Waals surface area contributed by atoms with E-state index >= 15 is 0 Å². The maximum atomic E-state index is 12.9. The summed E-state index contributed by atoms with van der Waals surface area (Å²) in [7, 11) is 0. The number of hydrogen-bond acceptors (Lipinski definition) is 6. The van der Waals surface area contributed by atoms with Crippen LogP contribution >= 0.6 is 11.3 Å². The van der Waals surface area contributed by atoms with Gasteiger partial charge in [0.1, 0.15) is 17.0 Å². The zero-order valence-electron chi connectivity index (χ0n) is 18.1. The first-order valence-electron chi connectivity index (χ1n) is 11.3. The lowest BCUT2D eigenvalue weighted by molar-refractivity contribution is -0.132. The van der Waals surface area contributed by atoms with Crippen LogP contribution in [0.2, 0.25) is 0 Å². The highest BCUT2D eigenvalue weighted by Crippen LogP contribution is 2.38. The van der Waals surface area contributed by atoms with Crippen molar-refractivity contribution in [2.75, 3.05) is 31.5 Å². The van der Waals surface area contributed by atoms with Gasteiger partial charge in [0.25, 0.3) is 0 Å². The maximum Gasteiger partial charge on any atom is 0.224 e. The summed E-state index contributed by atoms with van der Waals surface area (Å²) in [6.07, 6.45) is 12.4. The fourth-order valence-electron chi connectivity index (χ4n) is 4.65. The number of nitrogens with one attached hydrogen (secondary N) is 1. The lowest BCUT2D eigenvalue weighted by Gasteiger charge is -2.30. The highest BCUT2D eigenvalue weighted by Gasteiger charge is 2.26. The molecule has 1 N–H and O–H groups in total. The van der Waals surface area contributed by atoms with Crippen LogP contribution in [0.1, 0.15) is 41.7 Å². The van der Waals surface area contributed by atoms with Gasteiger partial charge in [0.15, 0.2) is 0 Å². The fraction of sp³-hybridized carbons (Fsp3) is 0.400. The van der Waals surface area contributed by atoms with E-state index in [9.17, 15) is 4.79 Å². The van der Waals surface area contributed by atoms with E-state index in [0.717, 1.165) is 59.9 Å². The first-order valence-corrected chi connectivity index (χ1v) is 12.1. The quantitative estimate of drug-likeness (QED) is 0.597. The van der Waals surface area contributed by atoms with Crippen LogP contribution in [0, 0.1) is 12.3 Å². The van der Waals surface area contributed by atoms with E-state index < -0.39 is 0 Å². The molecule has 1 fully saturated rings. The molecule has 0 bridgehead atoms. The van der Waals surface area contributed by atoms with Gasteiger partial charge in [-0.3, -0.25) is 4.79 Å². The van der Waals surface area contributed by atoms with Gasteiger partial charge in [0.2, 0.25) is 5.91 Å². The summed E-state index contributed by atoms with van der Waals surface area (Å²) >= 11 is 1.67. The van der Waals surface area contributed by atoms with Gasteiger partial charge < -0.3 is 15.1 Å². The van der Waals surface area contributed by atoms with Crippen molar-refractivity contribution in [3.63, 3.8) is 0 Å². The Labute approximate surface area is 192 Å². The van der Waals surface area contributed by atoms with E-state index in [1.54, 1.807) is 17.7 Å². The minimum atomic E-state index is 0.259. The Bertz CT molecular complexity index is 1170. The number of aromatic nitrogens is 2. The number of fused-ring (bicyclic) bond motifs is 3. The number of likely N-dealkylation sites (tertiary alicyclic amines) is 1. The van der Waals surface area contributed by atoms with Crippen molar-refractivity contribution >= 4 is 39.0 Å². The number of carbonyl (C=O) groups is 1. The number of terminal acetylenes is 1. The Morgan fingerprint density at radius 1 is 1.19 bits per heavy atom. The van der Waals surface area contributed by atoms with Crippen LogP contribution in [0.4, 0.5) is 11.5 Å². The van der Waals surface area contributed by atoms with E-state index in [1.807, 2.05) is 29.2 Å². The number of carbonyl (C=O) groups excluding carboxylic acids is 1. The predicted molar refractivity (Wildman–Crippen MR) is 129 cm³/mol. The maximum absolute atomic E-state index is 12.9. The summed E-state index contributed by atoms with van der Waals surface area (Å²) in [4.78, 5) is 28.5. The first kappa shape index (κ1) is 20.9. The van der Waals surface area contributed by atoms with Gasteiger partial charge in [-0.25, -0.2) is 9.97 Å². The van der Waals surface area contributed by atoms with Gasteiger partial charge in [0, 0.05) is 35.6 Å². The molecule has 5 rings (SSSR count). The summed E-state index contributed by atoms with van der Waals surface area (Å²) in [6.45, 7) is 4.56. The van der Waals surface area contributed by atoms with Crippen molar-refractivity contribution in [2.24, 2.45) is 0 Å². The molecule has 0 unspecified atom stereocenters. The first-order chi connectivity index (χ1) is 15.7. The Morgan fingerprint density at radius 3 is 2.91 bits per heavy atom. The fourth-order valence-corrected chi connectivity index (χ4v) is 5.86. The van der Waals surface area contributed by atoms with Gasteiger partial charge in [-0.05, 0) is 56.1 Å². The zero-order chi connectivity index (χ0) is 21.9. The predicted octanol–water partition coefficient (Wildman–Crippen LogP) is 4.18. The molecule has 7 heteroatoms. The number of anilines is 2. The van der Waals surface area contributed by atoms with Crippen LogP contribution in [0.5, 0.6) is 0 Å². The SMILES string of the molecule is C#Cc1cccc(Nc2ncnc3sc4c(c23)CCN(C(=O)CCN2CCCCC2)C4)c1. The van der Waals surface area contributed by atoms with Crippen molar-refractivity contribution in [1.82, 2.24) is 19.8 Å². The van der Waals surface area contributed by atoms with Gasteiger partial charge in [-0.15, -0.1) is 17.8 Å². The molecule has 1 aromatic carbocycles. The van der Waals surface area contributed by atoms with Gasteiger partial charge in [-0.2, -0.15) is 0 Å². The number of rotatable bonds is 5. The van der Waals surface area contributed by atoms with Crippen LogP contribution in [0.3, 0.4) is 0 Å². The summed E-state index contributed by atoms with van der Waals surface area (Å²) in [5.41, 5.74) is 3.00. The Hall–Kier alpha value is -2.95. The largest absolute Gasteiger partial charge is 0.340 e. The molecule has 164 valence electrons. The molecule has 1 amide bonds. The van der Waals surface area contributed by atoms with Gasteiger partial charge in [0.05, 0.1) is 11.9 Å². The van der Waals surface area contributed by atoms with Crippen molar-refractivity contribution in [2.45, 2.75) is 38.6 Å². The number of thiophene rings is 1. The number of amides is 1. The lowest BCUT2D eigenvalue weighted by Crippen LogP contribution is -2.38. The van der Waals surface area contributed by atoms with Crippen molar-refractivity contribution in [3.8, 4) is 12.3 Å². The van der Waals surface area contributed by atoms with E-state index in [4.69, 9.17) is 6.42 Å². The molecule has 2 aromatic heterocycles. The van der Waals surface area contributed by atoms with E-state index in [-0.39, 0.29) is 5.91 Å². The Morgan fingerprint density at radius 2 is 2.06 bits per heavy atom. The third-order valence-electron chi connectivity index (χ3n) is 6.37. The second-order valence-corrected chi connectivity index (χ2v) is 9.56. The monoisotopic (exact) mass is 445 g/mol. The number of piperidine rings is 1. The number of hydrogen-bond donors (Lipinski definition) is 1. The molecule has 32 heavy (non-hydrogen) atoms. The molecular weight excluding hydrogens is 418 g/mol. The average molecular weight is 446 g/mol. The summed E-state index contributed by atoms with van der Waals surface area (Å²) < 4.78 is 0. The van der Waals surface area contributed by atoms with E-state index in [2.05, 4.69) is 26.1 Å². The molecule has 0 spiro atoms. The van der Waals surface area contributed by atoms with E-state index in [0.29, 0.717) is 13.0 Å². The molecule has 3 aromatic rings. The van der Waals surface area contributed by atoms with E-state index in [1.165, 1.54) is 29.7 Å². The topological polar surface area (TPSA) is 61.4 Å². The smallest absolute Gasteiger partial charge is 0.224 e. The minimum absolute atomic E-state index is 0.259. The highest BCUT2D eigenvalue weighted by molar-refractivity contribution is 7.19. The zero-order valence-corrected chi connectivity index (χ0v) is 19.0. The summed E-state index contributed by atoms with van der Waals surface area (Å²) in [5.74, 6) is 3.73. The molecule has 2 aliphatic rings. The number of benzene rings is 1. The van der Waals surface area contributed by atoms with Crippen LogP contribution in [-0.4, -0.2) is 51.9 Å². The second-order valence-electron chi connectivity index (χ2n) is 8.47. The van der Waals surface area contributed by atoms with Crippen LogP contribution in [0.25, 0.3) is 10.2 Å². The van der Waals surface area contributed by atoms with Gasteiger partial charge in [-0.1, -0.05) is 18.4 Å². The molecule has 0 aliphatic carbocycles. The van der Waals surface area contributed by atoms with Crippen LogP contribution in [0.15, 0.2) is 30.6 Å². The third kappa shape index (κ3) is 4.34. The second kappa shape index (κ2) is 9.27. The molecule has 0 atom stereocenters. The summed E-state index contributed by atoms with van der Waals surface area (Å²) in [5, 5.41) is 4.49. The highest BCUT2D eigenvalue weighted by atomic mass is 32.1. The average Bonchev–Trinajstić information content (AvgIpc) is 3.22. The molecular formula is C25H27N5OS. The van der Waals surface area contributed by atoms with Crippen LogP contribution < -0.4 is 5.32 Å². The van der Waals surface area contributed by atoms with Crippen molar-refractivity contribution in [1.29, 1.82) is 0 Å². The summed E-state index contributed by atoms with van der Waals surface area (Å²) in [6, 6.07) is 7.77. The minimum Gasteiger partial charge on any atom is -0.340 e. The molecule has 1 saturated heterocycles. The molecule has 0 radical (unpaired) electrons. The molecule has 6 nitrogen and oxygen atoms in total. The number of nitrogens with zero attached hydrogens (tertiary/aromatic N) is 4. The Kier molecular flexibility index (Phi) is 6.06. The molecule has 4 heterocycles. The van der Waals surface area contributed by atoms with Gasteiger partial charge >= 0.3 is 0 Å². The molecule has 2 aliphatic heterocycles. The normalized spacial score (nSPS) is 16.5. The molecule has 0 saturated carbocycles. The van der Waals surface area contributed by atoms with Crippen molar-refractivity contribution in [3.05, 3.63) is 46.6 Å². The lowest BCUT2D eigenvalue weighted by atomic mass is 10.0. The third-order valence-corrected chi connectivity index (χ3v) is 7.50.